The molecule has 5 atom stereocenters. The number of fused-ring (bicyclic) bond motifs is 3. The van der Waals surface area contributed by atoms with Crippen LogP contribution in [0.1, 0.15) is 47.8 Å². The topological polar surface area (TPSA) is 103 Å². The fraction of sp³-hybridized carbons (Fsp3) is 0.462. The van der Waals surface area contributed by atoms with Crippen LogP contribution in [-0.4, -0.2) is 51.4 Å². The average Bonchev–Trinajstić information content (AvgIpc) is 3.21. The van der Waals surface area contributed by atoms with Crippen molar-refractivity contribution in [3.05, 3.63) is 70.7 Å². The van der Waals surface area contributed by atoms with E-state index in [2.05, 4.69) is 37.3 Å². The molecule has 6 nitrogen and oxygen atoms in total. The Morgan fingerprint density at radius 2 is 1.78 bits per heavy atom. The van der Waals surface area contributed by atoms with Crippen LogP contribution < -0.4 is 0 Å². The number of ether oxygens (including phenoxy) is 1. The van der Waals surface area contributed by atoms with Gasteiger partial charge in [0.25, 0.3) is 0 Å². The second-order valence-corrected chi connectivity index (χ2v) is 9.11. The summed E-state index contributed by atoms with van der Waals surface area (Å²) < 4.78 is 12.1. The van der Waals surface area contributed by atoms with Crippen LogP contribution in [0.2, 0.25) is 0 Å². The van der Waals surface area contributed by atoms with Crippen LogP contribution in [-0.2, 0) is 29.6 Å². The van der Waals surface area contributed by atoms with Crippen molar-refractivity contribution in [2.45, 2.75) is 69.0 Å². The fourth-order valence-electron chi connectivity index (χ4n) is 5.36. The Hall–Kier alpha value is -2.22. The van der Waals surface area contributed by atoms with Gasteiger partial charge in [-0.1, -0.05) is 31.2 Å². The van der Waals surface area contributed by atoms with Gasteiger partial charge in [-0.05, 0) is 60.1 Å². The van der Waals surface area contributed by atoms with E-state index in [0.29, 0.717) is 12.8 Å². The molecule has 170 valence electrons. The molecule has 2 aromatic carbocycles. The minimum absolute atomic E-state index is 0.436. The Morgan fingerprint density at radius 1 is 1.03 bits per heavy atom. The number of benzene rings is 2. The highest BCUT2D eigenvalue weighted by molar-refractivity contribution is 5.86. The first-order valence-corrected chi connectivity index (χ1v) is 11.4. The second-order valence-electron chi connectivity index (χ2n) is 9.11. The van der Waals surface area contributed by atoms with Gasteiger partial charge in [0.1, 0.15) is 35.8 Å². The van der Waals surface area contributed by atoms with E-state index < -0.39 is 36.6 Å². The first kappa shape index (κ1) is 21.6. The van der Waals surface area contributed by atoms with Crippen LogP contribution in [0.4, 0.5) is 0 Å². The van der Waals surface area contributed by atoms with Crippen molar-refractivity contribution in [1.82, 2.24) is 0 Å². The van der Waals surface area contributed by atoms with E-state index in [4.69, 9.17) is 9.15 Å². The highest BCUT2D eigenvalue weighted by Crippen LogP contribution is 2.47. The van der Waals surface area contributed by atoms with Gasteiger partial charge in [-0.3, -0.25) is 0 Å². The molecule has 1 spiro atoms. The number of aliphatic hydroxyl groups is 4. The molecule has 32 heavy (non-hydrogen) atoms. The largest absolute Gasteiger partial charge is 0.468 e. The number of rotatable bonds is 4. The summed E-state index contributed by atoms with van der Waals surface area (Å²) in [6, 6.07) is 12.6. The monoisotopic (exact) mass is 438 g/mol. The molecule has 6 heteroatoms. The summed E-state index contributed by atoms with van der Waals surface area (Å²) in [4.78, 5) is 0. The van der Waals surface area contributed by atoms with E-state index in [0.717, 1.165) is 52.5 Å². The van der Waals surface area contributed by atoms with Gasteiger partial charge in [0.05, 0.1) is 12.9 Å². The second kappa shape index (κ2) is 8.28. The van der Waals surface area contributed by atoms with Crippen LogP contribution in [0.5, 0.6) is 0 Å². The summed E-state index contributed by atoms with van der Waals surface area (Å²) in [5, 5.41) is 43.5. The van der Waals surface area contributed by atoms with Crippen LogP contribution in [0, 0.1) is 0 Å². The van der Waals surface area contributed by atoms with Gasteiger partial charge in [-0.2, -0.15) is 0 Å². The van der Waals surface area contributed by atoms with Crippen molar-refractivity contribution in [2.75, 3.05) is 6.61 Å². The third-order valence-corrected chi connectivity index (χ3v) is 7.22. The zero-order chi connectivity index (χ0) is 22.5. The van der Waals surface area contributed by atoms with E-state index in [1.807, 2.05) is 6.07 Å². The Balaban J connectivity index is 1.57. The highest BCUT2D eigenvalue weighted by atomic mass is 16.6. The number of aryl methyl sites for hydroxylation is 2. The lowest BCUT2D eigenvalue weighted by Crippen LogP contribution is -2.64. The van der Waals surface area contributed by atoms with Crippen LogP contribution in [0.3, 0.4) is 0 Å². The van der Waals surface area contributed by atoms with Gasteiger partial charge >= 0.3 is 0 Å². The Kier molecular flexibility index (Phi) is 5.60. The molecular weight excluding hydrogens is 408 g/mol. The van der Waals surface area contributed by atoms with Crippen LogP contribution in [0.15, 0.2) is 47.1 Å². The van der Waals surface area contributed by atoms with Gasteiger partial charge in [0, 0.05) is 17.2 Å². The van der Waals surface area contributed by atoms with Gasteiger partial charge < -0.3 is 29.6 Å². The molecule has 0 amide bonds. The lowest BCUT2D eigenvalue weighted by atomic mass is 9.71. The molecule has 2 aliphatic rings. The summed E-state index contributed by atoms with van der Waals surface area (Å²) in [5.41, 5.74) is 3.10. The van der Waals surface area contributed by atoms with E-state index in [-0.39, 0.29) is 0 Å². The standard InChI is InChI=1S/C26H30O6/c1-2-15-5-7-16(8-6-15)10-21-19-12-20-17(11-18(19)14-31-21)4-3-9-26(20)25(30)24(29)23(28)22(13-27)32-26/h5-8,11-12,14,22-25,27-30H,2-4,9-10,13H2,1H3/t22-,23-,24+,25-,26+/m1/s1. The van der Waals surface area contributed by atoms with Crippen molar-refractivity contribution < 1.29 is 29.6 Å². The van der Waals surface area contributed by atoms with Crippen molar-refractivity contribution in [2.24, 2.45) is 0 Å². The fourth-order valence-corrected chi connectivity index (χ4v) is 5.36. The maximum atomic E-state index is 11.0. The van der Waals surface area contributed by atoms with Gasteiger partial charge in [-0.25, -0.2) is 0 Å². The van der Waals surface area contributed by atoms with Crippen molar-refractivity contribution in [1.29, 1.82) is 0 Å². The zero-order valence-corrected chi connectivity index (χ0v) is 18.2. The number of hydrogen-bond donors (Lipinski definition) is 4. The molecule has 0 bridgehead atoms. The third-order valence-electron chi connectivity index (χ3n) is 7.22. The van der Waals surface area contributed by atoms with E-state index in [1.165, 1.54) is 5.56 Å². The zero-order valence-electron chi connectivity index (χ0n) is 18.2. The Morgan fingerprint density at radius 3 is 2.50 bits per heavy atom. The molecule has 0 radical (unpaired) electrons. The maximum Gasteiger partial charge on any atom is 0.122 e. The lowest BCUT2D eigenvalue weighted by molar-refractivity contribution is -0.283. The quantitative estimate of drug-likeness (QED) is 0.499. The smallest absolute Gasteiger partial charge is 0.122 e. The van der Waals surface area contributed by atoms with Gasteiger partial charge in [-0.15, -0.1) is 0 Å². The first-order valence-electron chi connectivity index (χ1n) is 11.4. The van der Waals surface area contributed by atoms with Crippen molar-refractivity contribution in [3.8, 4) is 0 Å². The normalized spacial score (nSPS) is 30.0. The molecule has 1 aromatic heterocycles. The maximum absolute atomic E-state index is 11.0. The first-order chi connectivity index (χ1) is 15.5. The predicted octanol–water partition coefficient (Wildman–Crippen LogP) is 2.59. The summed E-state index contributed by atoms with van der Waals surface area (Å²) >= 11 is 0. The summed E-state index contributed by atoms with van der Waals surface area (Å²) in [5.74, 6) is 0.831. The summed E-state index contributed by atoms with van der Waals surface area (Å²) in [6.45, 7) is 1.70. The molecular formula is C26H30O6. The summed E-state index contributed by atoms with van der Waals surface area (Å²) in [6.07, 6.45) is 0.492. The molecule has 1 aliphatic heterocycles. The van der Waals surface area contributed by atoms with E-state index in [9.17, 15) is 20.4 Å². The van der Waals surface area contributed by atoms with Crippen LogP contribution >= 0.6 is 0 Å². The predicted molar refractivity (Wildman–Crippen MR) is 119 cm³/mol. The minimum Gasteiger partial charge on any atom is -0.468 e. The highest BCUT2D eigenvalue weighted by Gasteiger charge is 2.55. The summed E-state index contributed by atoms with van der Waals surface area (Å²) in [7, 11) is 0. The Labute approximate surface area is 187 Å². The van der Waals surface area contributed by atoms with E-state index in [1.54, 1.807) is 6.26 Å². The third kappa shape index (κ3) is 3.38. The molecule has 0 unspecified atom stereocenters. The minimum atomic E-state index is -1.40. The molecule has 0 saturated carbocycles. The van der Waals surface area contributed by atoms with Crippen molar-refractivity contribution in [3.63, 3.8) is 0 Å². The molecule has 1 fully saturated rings. The molecule has 5 rings (SSSR count). The molecule has 1 saturated heterocycles. The number of furan rings is 1. The SMILES string of the molecule is CCc1ccc(Cc2occ3cc4c(cc23)[C@]2(CCC4)O[C@H](CO)[C@@H](O)[C@H](O)[C@H]2O)cc1. The molecule has 1 aliphatic carbocycles. The average molecular weight is 439 g/mol. The molecule has 4 N–H and O–H groups in total. The van der Waals surface area contributed by atoms with Gasteiger partial charge in [0.15, 0.2) is 0 Å². The van der Waals surface area contributed by atoms with Gasteiger partial charge in [0.2, 0.25) is 0 Å². The van der Waals surface area contributed by atoms with E-state index >= 15 is 0 Å². The molecule has 2 heterocycles. The van der Waals surface area contributed by atoms with Crippen molar-refractivity contribution >= 4 is 10.8 Å². The lowest BCUT2D eigenvalue weighted by Gasteiger charge is -2.51. The van der Waals surface area contributed by atoms with Crippen LogP contribution in [0.25, 0.3) is 10.8 Å². The molecule has 3 aromatic rings. The Bertz CT molecular complexity index is 1100. The number of aliphatic hydroxyl groups excluding tert-OH is 4. The number of hydrogen-bond acceptors (Lipinski definition) is 6.